The molecule has 5 N–H and O–H groups in total. The van der Waals surface area contributed by atoms with Crippen molar-refractivity contribution in [3.05, 3.63) is 16.7 Å². The Bertz CT molecular complexity index is 587. The first-order chi connectivity index (χ1) is 9.13. The molecule has 1 aliphatic carbocycles. The molecule has 0 radical (unpaired) electrons. The molecule has 1 aliphatic rings. The monoisotopic (exact) mass is 324 g/mol. The van der Waals surface area contributed by atoms with E-state index in [0.717, 1.165) is 41.6 Å². The molecule has 1 fully saturated rings. The van der Waals surface area contributed by atoms with Crippen LogP contribution in [0.25, 0.3) is 5.65 Å². The van der Waals surface area contributed by atoms with Crippen molar-refractivity contribution in [3.63, 3.8) is 0 Å². The molecule has 2 aromatic rings. The standard InChI is InChI=1S/C12H17BrN6/c13-9-6-16-19-10(15)5-11(18-12(9)19)17-8-3-1-7(14)2-4-8/h5-8H,1-4,14-15H2,(H,17,18)/t7-,8-. The van der Waals surface area contributed by atoms with Crippen molar-refractivity contribution in [1.82, 2.24) is 14.6 Å². The Balaban J connectivity index is 1.83. The molecule has 19 heavy (non-hydrogen) atoms. The topological polar surface area (TPSA) is 94.3 Å². The second-order valence-corrected chi connectivity index (χ2v) is 5.90. The third kappa shape index (κ3) is 2.52. The van der Waals surface area contributed by atoms with Crippen LogP contribution >= 0.6 is 15.9 Å². The lowest BCUT2D eigenvalue weighted by molar-refractivity contribution is 0.410. The van der Waals surface area contributed by atoms with E-state index in [1.165, 1.54) is 0 Å². The zero-order valence-electron chi connectivity index (χ0n) is 10.5. The van der Waals surface area contributed by atoms with E-state index in [-0.39, 0.29) is 0 Å². The first-order valence-electron chi connectivity index (χ1n) is 6.45. The van der Waals surface area contributed by atoms with E-state index in [2.05, 4.69) is 31.3 Å². The summed E-state index contributed by atoms with van der Waals surface area (Å²) in [5, 5.41) is 7.60. The van der Waals surface area contributed by atoms with Crippen LogP contribution in [0.4, 0.5) is 11.6 Å². The summed E-state index contributed by atoms with van der Waals surface area (Å²) < 4.78 is 2.46. The molecule has 0 atom stereocenters. The van der Waals surface area contributed by atoms with Gasteiger partial charge in [-0.2, -0.15) is 9.61 Å². The van der Waals surface area contributed by atoms with E-state index in [1.54, 1.807) is 10.7 Å². The van der Waals surface area contributed by atoms with Gasteiger partial charge in [0.05, 0.1) is 10.7 Å². The van der Waals surface area contributed by atoms with Gasteiger partial charge in [-0.05, 0) is 41.6 Å². The number of rotatable bonds is 2. The quantitative estimate of drug-likeness (QED) is 0.782. The maximum Gasteiger partial charge on any atom is 0.173 e. The van der Waals surface area contributed by atoms with Gasteiger partial charge in [-0.3, -0.25) is 0 Å². The molecular weight excluding hydrogens is 308 g/mol. The van der Waals surface area contributed by atoms with E-state index >= 15 is 0 Å². The Labute approximate surface area is 119 Å². The minimum atomic E-state index is 0.350. The lowest BCUT2D eigenvalue weighted by atomic mass is 9.92. The number of nitrogen functional groups attached to an aromatic ring is 1. The third-order valence-electron chi connectivity index (χ3n) is 3.58. The lowest BCUT2D eigenvalue weighted by Crippen LogP contribution is -2.33. The molecule has 2 aromatic heterocycles. The van der Waals surface area contributed by atoms with E-state index < -0.39 is 0 Å². The highest BCUT2D eigenvalue weighted by atomic mass is 79.9. The predicted molar refractivity (Wildman–Crippen MR) is 79.0 cm³/mol. The van der Waals surface area contributed by atoms with Gasteiger partial charge in [0.2, 0.25) is 0 Å². The van der Waals surface area contributed by atoms with Gasteiger partial charge < -0.3 is 16.8 Å². The molecule has 0 spiro atoms. The van der Waals surface area contributed by atoms with Gasteiger partial charge in [0.15, 0.2) is 5.65 Å². The molecule has 1 saturated carbocycles. The minimum Gasteiger partial charge on any atom is -0.383 e. The summed E-state index contributed by atoms with van der Waals surface area (Å²) in [5.41, 5.74) is 12.6. The Hall–Kier alpha value is -1.34. The van der Waals surface area contributed by atoms with Gasteiger partial charge in [-0.25, -0.2) is 4.98 Å². The Morgan fingerprint density at radius 3 is 2.79 bits per heavy atom. The second-order valence-electron chi connectivity index (χ2n) is 5.05. The zero-order valence-corrected chi connectivity index (χ0v) is 12.1. The van der Waals surface area contributed by atoms with E-state index in [4.69, 9.17) is 11.5 Å². The Morgan fingerprint density at radius 1 is 1.32 bits per heavy atom. The first kappa shape index (κ1) is 12.7. The Kier molecular flexibility index (Phi) is 3.32. The molecule has 0 aliphatic heterocycles. The molecule has 0 bridgehead atoms. The van der Waals surface area contributed by atoms with Gasteiger partial charge in [0.25, 0.3) is 0 Å². The van der Waals surface area contributed by atoms with Crippen LogP contribution in [0.2, 0.25) is 0 Å². The summed E-state index contributed by atoms with van der Waals surface area (Å²) in [4.78, 5) is 4.54. The van der Waals surface area contributed by atoms with Crippen LogP contribution in [0.5, 0.6) is 0 Å². The molecule has 7 heteroatoms. The van der Waals surface area contributed by atoms with Crippen molar-refractivity contribution in [2.45, 2.75) is 37.8 Å². The van der Waals surface area contributed by atoms with Crippen molar-refractivity contribution in [1.29, 1.82) is 0 Å². The van der Waals surface area contributed by atoms with E-state index in [0.29, 0.717) is 17.9 Å². The molecule has 2 heterocycles. The average Bonchev–Trinajstić information content (AvgIpc) is 2.75. The number of fused-ring (bicyclic) bond motifs is 1. The smallest absolute Gasteiger partial charge is 0.173 e. The second kappa shape index (κ2) is 4.97. The number of aromatic nitrogens is 3. The van der Waals surface area contributed by atoms with E-state index in [1.807, 2.05) is 6.07 Å². The van der Waals surface area contributed by atoms with Gasteiger partial charge in [0.1, 0.15) is 11.6 Å². The number of nitrogens with one attached hydrogen (secondary N) is 1. The van der Waals surface area contributed by atoms with Gasteiger partial charge in [-0.15, -0.1) is 0 Å². The van der Waals surface area contributed by atoms with Crippen LogP contribution in [0, 0.1) is 0 Å². The number of anilines is 2. The van der Waals surface area contributed by atoms with E-state index in [9.17, 15) is 0 Å². The third-order valence-corrected chi connectivity index (χ3v) is 4.14. The number of halogens is 1. The summed E-state index contributed by atoms with van der Waals surface area (Å²) in [6.45, 7) is 0. The first-order valence-corrected chi connectivity index (χ1v) is 7.24. The highest BCUT2D eigenvalue weighted by molar-refractivity contribution is 9.10. The number of hydrogen-bond donors (Lipinski definition) is 3. The highest BCUT2D eigenvalue weighted by Crippen LogP contribution is 2.24. The summed E-state index contributed by atoms with van der Waals surface area (Å²) in [5.74, 6) is 1.37. The average molecular weight is 325 g/mol. The molecule has 102 valence electrons. The number of hydrogen-bond acceptors (Lipinski definition) is 5. The van der Waals surface area contributed by atoms with Gasteiger partial charge in [-0.1, -0.05) is 0 Å². The van der Waals surface area contributed by atoms with Crippen molar-refractivity contribution in [2.75, 3.05) is 11.1 Å². The molecular formula is C12H17BrN6. The largest absolute Gasteiger partial charge is 0.383 e. The number of nitrogens with zero attached hydrogens (tertiary/aromatic N) is 3. The fourth-order valence-corrected chi connectivity index (χ4v) is 2.85. The molecule has 0 amide bonds. The molecule has 6 nitrogen and oxygen atoms in total. The fraction of sp³-hybridized carbons (Fsp3) is 0.500. The summed E-state index contributed by atoms with van der Waals surface area (Å²) in [6, 6.07) is 2.60. The van der Waals surface area contributed by atoms with Crippen LogP contribution in [-0.2, 0) is 0 Å². The van der Waals surface area contributed by atoms with Gasteiger partial charge in [0, 0.05) is 18.2 Å². The normalized spacial score (nSPS) is 23.7. The van der Waals surface area contributed by atoms with Crippen LogP contribution in [0.15, 0.2) is 16.7 Å². The summed E-state index contributed by atoms with van der Waals surface area (Å²) in [6.07, 6.45) is 5.97. The summed E-state index contributed by atoms with van der Waals surface area (Å²) in [7, 11) is 0. The minimum absolute atomic E-state index is 0.350. The zero-order chi connectivity index (χ0) is 13.4. The predicted octanol–water partition coefficient (Wildman–Crippen LogP) is 1.76. The lowest BCUT2D eigenvalue weighted by Gasteiger charge is -2.27. The maximum absolute atomic E-state index is 5.98. The SMILES string of the molecule is Nc1cc(N[C@H]2CC[C@H](N)CC2)nc2c(Br)cnn12. The van der Waals surface area contributed by atoms with Crippen LogP contribution < -0.4 is 16.8 Å². The molecule has 0 aromatic carbocycles. The van der Waals surface area contributed by atoms with Crippen LogP contribution in [0.3, 0.4) is 0 Å². The maximum atomic E-state index is 5.98. The molecule has 0 saturated heterocycles. The van der Waals surface area contributed by atoms with Crippen molar-refractivity contribution in [2.24, 2.45) is 5.73 Å². The Morgan fingerprint density at radius 2 is 2.05 bits per heavy atom. The summed E-state index contributed by atoms with van der Waals surface area (Å²) >= 11 is 3.42. The van der Waals surface area contributed by atoms with Crippen LogP contribution in [-0.4, -0.2) is 26.7 Å². The van der Waals surface area contributed by atoms with Crippen LogP contribution in [0.1, 0.15) is 25.7 Å². The van der Waals surface area contributed by atoms with Gasteiger partial charge >= 0.3 is 0 Å². The van der Waals surface area contributed by atoms with Crippen molar-refractivity contribution in [3.8, 4) is 0 Å². The fourth-order valence-electron chi connectivity index (χ4n) is 2.51. The number of nitrogens with two attached hydrogens (primary N) is 2. The van der Waals surface area contributed by atoms with Crippen molar-refractivity contribution < 1.29 is 0 Å². The van der Waals surface area contributed by atoms with Crippen molar-refractivity contribution >= 4 is 33.2 Å². The molecule has 0 unspecified atom stereocenters. The highest BCUT2D eigenvalue weighted by Gasteiger charge is 2.19. The molecule has 3 rings (SSSR count).